The van der Waals surface area contributed by atoms with E-state index in [1.54, 1.807) is 30.5 Å². The maximum Gasteiger partial charge on any atom is 0.258 e. The van der Waals surface area contributed by atoms with Gasteiger partial charge in [0.25, 0.3) is 11.8 Å². The van der Waals surface area contributed by atoms with Gasteiger partial charge in [-0.25, -0.2) is 10.4 Å². The van der Waals surface area contributed by atoms with Gasteiger partial charge >= 0.3 is 0 Å². The third-order valence-corrected chi connectivity index (χ3v) is 3.24. The van der Waals surface area contributed by atoms with Crippen molar-refractivity contribution in [1.82, 2.24) is 5.48 Å². The molecule has 114 valence electrons. The first kappa shape index (κ1) is 14.6. The zero-order valence-electron chi connectivity index (χ0n) is 12.2. The van der Waals surface area contributed by atoms with Gasteiger partial charge in [0, 0.05) is 23.9 Å². The van der Waals surface area contributed by atoms with Crippen LogP contribution in [0.2, 0.25) is 0 Å². The lowest BCUT2D eigenvalue weighted by Crippen LogP contribution is -2.29. The van der Waals surface area contributed by atoms with E-state index in [-0.39, 0.29) is 11.8 Å². The first-order valence-corrected chi connectivity index (χ1v) is 7.05. The predicted molar refractivity (Wildman–Crippen MR) is 87.3 cm³/mol. The van der Waals surface area contributed by atoms with E-state index in [0.29, 0.717) is 5.69 Å². The molecule has 5 nitrogen and oxygen atoms in total. The number of imide groups is 1. The van der Waals surface area contributed by atoms with Crippen LogP contribution >= 0.6 is 0 Å². The van der Waals surface area contributed by atoms with Crippen molar-refractivity contribution in [2.45, 2.75) is 0 Å². The van der Waals surface area contributed by atoms with Crippen LogP contribution in [0.25, 0.3) is 6.08 Å². The van der Waals surface area contributed by atoms with E-state index in [0.717, 1.165) is 16.2 Å². The molecule has 0 unspecified atom stereocenters. The first-order valence-electron chi connectivity index (χ1n) is 7.05. The van der Waals surface area contributed by atoms with Crippen molar-refractivity contribution in [2.75, 3.05) is 4.90 Å². The monoisotopic (exact) mass is 306 g/mol. The van der Waals surface area contributed by atoms with Crippen LogP contribution in [-0.2, 0) is 9.59 Å². The van der Waals surface area contributed by atoms with E-state index in [9.17, 15) is 9.59 Å². The molecule has 0 aliphatic carbocycles. The van der Waals surface area contributed by atoms with Crippen LogP contribution in [0.4, 0.5) is 5.69 Å². The zero-order valence-corrected chi connectivity index (χ0v) is 12.2. The number of hydrogen-bond donors (Lipinski definition) is 1. The number of carbonyl (C=O) groups excluding carboxylic acids is 2. The van der Waals surface area contributed by atoms with Crippen molar-refractivity contribution in [3.8, 4) is 5.75 Å². The summed E-state index contributed by atoms with van der Waals surface area (Å²) in [6.45, 7) is 0. The number of amides is 2. The van der Waals surface area contributed by atoms with Gasteiger partial charge in [0.05, 0.1) is 5.69 Å². The van der Waals surface area contributed by atoms with Gasteiger partial charge in [-0.05, 0) is 24.3 Å². The second-order valence-corrected chi connectivity index (χ2v) is 4.77. The molecule has 2 heterocycles. The smallest absolute Gasteiger partial charge is 0.258 e. The van der Waals surface area contributed by atoms with E-state index in [4.69, 9.17) is 4.84 Å². The van der Waals surface area contributed by atoms with Gasteiger partial charge in [0.2, 0.25) is 0 Å². The summed E-state index contributed by atoms with van der Waals surface area (Å²) in [5.74, 6) is 0.317. The number of anilines is 1. The lowest BCUT2D eigenvalue weighted by atomic mass is 10.2. The van der Waals surface area contributed by atoms with Gasteiger partial charge in [0.1, 0.15) is 0 Å². The first-order chi connectivity index (χ1) is 11.3. The minimum atomic E-state index is -0.281. The van der Waals surface area contributed by atoms with Crippen LogP contribution in [0.1, 0.15) is 5.56 Å². The summed E-state index contributed by atoms with van der Waals surface area (Å²) in [5.41, 5.74) is 4.39. The SMILES string of the molecule is C1=Cc2ccccc2ON1.O=C1C=CC(=O)N1c1ccccc1. The van der Waals surface area contributed by atoms with Crippen molar-refractivity contribution in [3.63, 3.8) is 0 Å². The number of fused-ring (bicyclic) bond motifs is 1. The molecule has 0 saturated carbocycles. The van der Waals surface area contributed by atoms with Crippen LogP contribution in [0.15, 0.2) is 72.9 Å². The van der Waals surface area contributed by atoms with E-state index in [2.05, 4.69) is 5.48 Å². The minimum Gasteiger partial charge on any atom is -0.382 e. The number of para-hydroxylation sites is 2. The molecule has 4 rings (SSSR count). The quantitative estimate of drug-likeness (QED) is 0.823. The van der Waals surface area contributed by atoms with Crippen LogP contribution in [-0.4, -0.2) is 11.8 Å². The molecule has 0 radical (unpaired) electrons. The highest BCUT2D eigenvalue weighted by molar-refractivity contribution is 6.28. The number of nitrogens with zero attached hydrogens (tertiary/aromatic N) is 1. The molecule has 5 heteroatoms. The van der Waals surface area contributed by atoms with Crippen molar-refractivity contribution in [2.24, 2.45) is 0 Å². The molecule has 2 aliphatic heterocycles. The summed E-state index contributed by atoms with van der Waals surface area (Å²) in [4.78, 5) is 28.6. The summed E-state index contributed by atoms with van der Waals surface area (Å²) in [5, 5.41) is 0. The molecule has 23 heavy (non-hydrogen) atoms. The fourth-order valence-corrected chi connectivity index (χ4v) is 2.16. The Morgan fingerprint density at radius 1 is 0.783 bits per heavy atom. The molecular weight excluding hydrogens is 292 g/mol. The second kappa shape index (κ2) is 6.62. The van der Waals surface area contributed by atoms with Gasteiger partial charge in [-0.15, -0.1) is 0 Å². The highest BCUT2D eigenvalue weighted by atomic mass is 16.6. The number of nitrogens with one attached hydrogen (secondary N) is 1. The van der Waals surface area contributed by atoms with Crippen molar-refractivity contribution < 1.29 is 14.4 Å². The lowest BCUT2D eigenvalue weighted by molar-refractivity contribution is -0.119. The highest BCUT2D eigenvalue weighted by Gasteiger charge is 2.24. The molecule has 1 N–H and O–H groups in total. The summed E-state index contributed by atoms with van der Waals surface area (Å²) >= 11 is 0. The van der Waals surface area contributed by atoms with Gasteiger partial charge in [-0.2, -0.15) is 0 Å². The Hall–Kier alpha value is -3.34. The summed E-state index contributed by atoms with van der Waals surface area (Å²) in [7, 11) is 0. The third kappa shape index (κ3) is 3.29. The predicted octanol–water partition coefficient (Wildman–Crippen LogP) is 2.67. The average molecular weight is 306 g/mol. The standard InChI is InChI=1S/C10H7NO2.C8H7NO/c12-9-6-7-10(13)11(9)8-4-2-1-3-5-8;1-2-4-8-7(3-1)5-6-9-10-8/h1-7H;1-6,9H. The molecule has 0 spiro atoms. The minimum absolute atomic E-state index is 0.281. The maximum atomic E-state index is 11.2. The topological polar surface area (TPSA) is 58.6 Å². The Kier molecular flexibility index (Phi) is 4.20. The Bertz CT molecular complexity index is 764. The number of benzene rings is 2. The van der Waals surface area contributed by atoms with Crippen LogP contribution in [0.3, 0.4) is 0 Å². The number of hydroxylamine groups is 1. The molecule has 2 aromatic rings. The lowest BCUT2D eigenvalue weighted by Gasteiger charge is -2.12. The Labute approximate surface area is 133 Å². The fraction of sp³-hybridized carbons (Fsp3) is 0. The third-order valence-electron chi connectivity index (χ3n) is 3.24. The largest absolute Gasteiger partial charge is 0.382 e. The Balaban J connectivity index is 0.000000140. The van der Waals surface area contributed by atoms with E-state index in [1.807, 2.05) is 36.4 Å². The van der Waals surface area contributed by atoms with Crippen molar-refractivity contribution >= 4 is 23.6 Å². The molecular formula is C18H14N2O3. The summed E-state index contributed by atoms with van der Waals surface area (Å²) in [6, 6.07) is 16.7. The summed E-state index contributed by atoms with van der Waals surface area (Å²) in [6.07, 6.45) is 6.28. The molecule has 0 atom stereocenters. The normalized spacial score (nSPS) is 14.5. The Morgan fingerprint density at radius 2 is 1.43 bits per heavy atom. The van der Waals surface area contributed by atoms with Crippen LogP contribution in [0, 0.1) is 0 Å². The van der Waals surface area contributed by atoms with Gasteiger partial charge < -0.3 is 4.84 Å². The maximum absolute atomic E-state index is 11.2. The molecule has 2 aliphatic rings. The van der Waals surface area contributed by atoms with E-state index >= 15 is 0 Å². The van der Waals surface area contributed by atoms with Crippen LogP contribution in [0.5, 0.6) is 5.75 Å². The van der Waals surface area contributed by atoms with Crippen LogP contribution < -0.4 is 15.2 Å². The van der Waals surface area contributed by atoms with Gasteiger partial charge in [-0.1, -0.05) is 36.4 Å². The molecule has 0 aromatic heterocycles. The molecule has 0 saturated heterocycles. The van der Waals surface area contributed by atoms with Gasteiger partial charge in [0.15, 0.2) is 5.75 Å². The summed E-state index contributed by atoms with van der Waals surface area (Å²) < 4.78 is 0. The van der Waals surface area contributed by atoms with E-state index < -0.39 is 0 Å². The average Bonchev–Trinajstić information content (AvgIpc) is 2.95. The second-order valence-electron chi connectivity index (χ2n) is 4.77. The number of hydrogen-bond acceptors (Lipinski definition) is 4. The number of carbonyl (C=O) groups is 2. The highest BCUT2D eigenvalue weighted by Crippen LogP contribution is 2.20. The zero-order chi connectivity index (χ0) is 16.1. The Morgan fingerprint density at radius 3 is 2.13 bits per heavy atom. The van der Waals surface area contributed by atoms with Gasteiger partial charge in [-0.3, -0.25) is 9.59 Å². The van der Waals surface area contributed by atoms with Crippen molar-refractivity contribution in [3.05, 3.63) is 78.5 Å². The number of rotatable bonds is 1. The molecule has 0 bridgehead atoms. The van der Waals surface area contributed by atoms with E-state index in [1.165, 1.54) is 12.2 Å². The molecule has 2 amide bonds. The molecule has 0 fully saturated rings. The fourth-order valence-electron chi connectivity index (χ4n) is 2.16. The van der Waals surface area contributed by atoms with Crippen molar-refractivity contribution in [1.29, 1.82) is 0 Å². The molecule has 2 aromatic carbocycles.